The van der Waals surface area contributed by atoms with Crippen molar-refractivity contribution in [1.29, 1.82) is 0 Å². The molecule has 2 N–H and O–H groups in total. The molecule has 1 aliphatic rings. The average molecular weight is 446 g/mol. The number of carbonyl (C=O) groups excluding carboxylic acids is 1. The van der Waals surface area contributed by atoms with E-state index in [1.54, 1.807) is 17.0 Å². The lowest BCUT2D eigenvalue weighted by molar-refractivity contribution is -0.117. The van der Waals surface area contributed by atoms with Gasteiger partial charge in [0.2, 0.25) is 5.91 Å². The number of aromatic carboxylic acids is 1. The standard InChI is InChI=1S/C24H31NO5S/c1-2-3-4-5-6-21(26)17-7-9-18(10-8-17)25-19(11-14-23(25)27)15-30-16-20-12-13-22(31-20)24(28)29/h7-10,12-13,19,21,26H,2-6,11,14-16H2,1H3,(H,28,29)/t19-,21?/m0/s1. The van der Waals surface area contributed by atoms with Crippen molar-refractivity contribution in [3.05, 3.63) is 51.7 Å². The highest BCUT2D eigenvalue weighted by molar-refractivity contribution is 7.13. The van der Waals surface area contributed by atoms with Crippen LogP contribution in [0, 0.1) is 0 Å². The first-order valence-electron chi connectivity index (χ1n) is 11.0. The van der Waals surface area contributed by atoms with E-state index in [9.17, 15) is 14.7 Å². The highest BCUT2D eigenvalue weighted by Crippen LogP contribution is 2.29. The van der Waals surface area contributed by atoms with Crippen LogP contribution >= 0.6 is 11.3 Å². The van der Waals surface area contributed by atoms with Crippen LogP contribution < -0.4 is 4.90 Å². The Morgan fingerprint density at radius 3 is 2.65 bits per heavy atom. The number of aliphatic hydroxyl groups is 1. The first-order valence-corrected chi connectivity index (χ1v) is 11.8. The summed E-state index contributed by atoms with van der Waals surface area (Å²) in [7, 11) is 0. The van der Waals surface area contributed by atoms with E-state index in [2.05, 4.69) is 6.92 Å². The third kappa shape index (κ3) is 6.38. The number of hydrogen-bond acceptors (Lipinski definition) is 5. The van der Waals surface area contributed by atoms with Gasteiger partial charge in [-0.15, -0.1) is 11.3 Å². The molecule has 1 aliphatic heterocycles. The Labute approximate surface area is 187 Å². The van der Waals surface area contributed by atoms with Gasteiger partial charge >= 0.3 is 5.97 Å². The summed E-state index contributed by atoms with van der Waals surface area (Å²) in [4.78, 5) is 26.4. The fraction of sp³-hybridized carbons (Fsp3) is 0.500. The van der Waals surface area contributed by atoms with E-state index < -0.39 is 12.1 Å². The van der Waals surface area contributed by atoms with Crippen molar-refractivity contribution in [1.82, 2.24) is 0 Å². The van der Waals surface area contributed by atoms with E-state index in [0.29, 0.717) is 24.5 Å². The van der Waals surface area contributed by atoms with Crippen molar-refractivity contribution in [3.63, 3.8) is 0 Å². The molecule has 0 spiro atoms. The third-order valence-corrected chi connectivity index (χ3v) is 6.69. The molecule has 31 heavy (non-hydrogen) atoms. The number of hydrogen-bond donors (Lipinski definition) is 2. The molecule has 7 heteroatoms. The first-order chi connectivity index (χ1) is 15.0. The van der Waals surface area contributed by atoms with Crippen molar-refractivity contribution in [2.24, 2.45) is 0 Å². The van der Waals surface area contributed by atoms with Crippen molar-refractivity contribution in [3.8, 4) is 0 Å². The number of amides is 1. The van der Waals surface area contributed by atoms with E-state index in [1.807, 2.05) is 24.3 Å². The van der Waals surface area contributed by atoms with Crippen LogP contribution in [0.5, 0.6) is 0 Å². The smallest absolute Gasteiger partial charge is 0.345 e. The maximum absolute atomic E-state index is 12.5. The Morgan fingerprint density at radius 2 is 1.97 bits per heavy atom. The van der Waals surface area contributed by atoms with Crippen LogP contribution in [0.15, 0.2) is 36.4 Å². The predicted octanol–water partition coefficient (Wildman–Crippen LogP) is 5.16. The summed E-state index contributed by atoms with van der Waals surface area (Å²) in [5.74, 6) is -0.857. The predicted molar refractivity (Wildman–Crippen MR) is 122 cm³/mol. The van der Waals surface area contributed by atoms with E-state index in [1.165, 1.54) is 24.2 Å². The molecule has 1 amide bonds. The van der Waals surface area contributed by atoms with Crippen LogP contribution in [-0.4, -0.2) is 34.7 Å². The molecule has 2 aromatic rings. The van der Waals surface area contributed by atoms with Gasteiger partial charge in [-0.2, -0.15) is 0 Å². The Balaban J connectivity index is 1.54. The van der Waals surface area contributed by atoms with Gasteiger partial charge in [-0.05, 0) is 42.7 Å². The maximum atomic E-state index is 12.5. The molecular formula is C24H31NO5S. The van der Waals surface area contributed by atoms with Gasteiger partial charge in [0.05, 0.1) is 25.4 Å². The minimum Gasteiger partial charge on any atom is -0.477 e. The molecule has 1 aromatic heterocycles. The molecule has 2 heterocycles. The molecule has 1 unspecified atom stereocenters. The van der Waals surface area contributed by atoms with Gasteiger partial charge in [0.15, 0.2) is 0 Å². The average Bonchev–Trinajstić information content (AvgIpc) is 3.38. The van der Waals surface area contributed by atoms with Crippen molar-refractivity contribution >= 4 is 28.9 Å². The van der Waals surface area contributed by atoms with E-state index in [0.717, 1.165) is 41.8 Å². The maximum Gasteiger partial charge on any atom is 0.345 e. The fourth-order valence-electron chi connectivity index (χ4n) is 3.91. The van der Waals surface area contributed by atoms with E-state index >= 15 is 0 Å². The second kappa shape index (κ2) is 11.4. The first kappa shape index (κ1) is 23.4. The molecule has 0 bridgehead atoms. The quantitative estimate of drug-likeness (QED) is 0.441. The lowest BCUT2D eigenvalue weighted by Gasteiger charge is -2.25. The number of rotatable bonds is 12. The molecule has 1 fully saturated rings. The Kier molecular flexibility index (Phi) is 8.63. The summed E-state index contributed by atoms with van der Waals surface area (Å²) >= 11 is 1.20. The van der Waals surface area contributed by atoms with Gasteiger partial charge in [-0.1, -0.05) is 44.7 Å². The number of anilines is 1. The molecule has 6 nitrogen and oxygen atoms in total. The molecule has 1 saturated heterocycles. The number of carboxylic acids is 1. The molecule has 0 saturated carbocycles. The Hall–Kier alpha value is -2.22. The number of unbranched alkanes of at least 4 members (excludes halogenated alkanes) is 3. The summed E-state index contributed by atoms with van der Waals surface area (Å²) in [5, 5.41) is 19.4. The topological polar surface area (TPSA) is 87.1 Å². The highest BCUT2D eigenvalue weighted by atomic mass is 32.1. The van der Waals surface area contributed by atoms with E-state index in [-0.39, 0.29) is 11.9 Å². The second-order valence-electron chi connectivity index (χ2n) is 8.00. The highest BCUT2D eigenvalue weighted by Gasteiger charge is 2.32. The van der Waals surface area contributed by atoms with Crippen molar-refractivity contribution in [2.45, 2.75) is 70.6 Å². The molecular weight excluding hydrogens is 414 g/mol. The van der Waals surface area contributed by atoms with Gasteiger partial charge in [0.1, 0.15) is 4.88 Å². The minimum atomic E-state index is -0.932. The zero-order valence-corrected chi connectivity index (χ0v) is 18.8. The number of ether oxygens (including phenoxy) is 1. The van der Waals surface area contributed by atoms with Crippen LogP contribution in [0.2, 0.25) is 0 Å². The zero-order valence-electron chi connectivity index (χ0n) is 18.0. The van der Waals surface area contributed by atoms with Crippen LogP contribution in [0.4, 0.5) is 5.69 Å². The normalized spacial score (nSPS) is 17.3. The minimum absolute atomic E-state index is 0.0452. The third-order valence-electron chi connectivity index (χ3n) is 5.64. The lowest BCUT2D eigenvalue weighted by atomic mass is 10.0. The number of thiophene rings is 1. The monoisotopic (exact) mass is 445 g/mol. The van der Waals surface area contributed by atoms with Gasteiger partial charge in [0.25, 0.3) is 0 Å². The fourth-order valence-corrected chi connectivity index (χ4v) is 4.69. The number of nitrogens with zero attached hydrogens (tertiary/aromatic N) is 1. The summed E-state index contributed by atoms with van der Waals surface area (Å²) in [5.41, 5.74) is 1.70. The van der Waals surface area contributed by atoms with Gasteiger partial charge in [-0.25, -0.2) is 4.79 Å². The summed E-state index contributed by atoms with van der Waals surface area (Å²) < 4.78 is 5.81. The SMILES string of the molecule is CCCCCCC(O)c1ccc(N2C(=O)CC[C@H]2COCc2ccc(C(=O)O)s2)cc1. The van der Waals surface area contributed by atoms with Crippen LogP contribution in [-0.2, 0) is 16.1 Å². The zero-order chi connectivity index (χ0) is 22.2. The van der Waals surface area contributed by atoms with Gasteiger partial charge in [-0.3, -0.25) is 4.79 Å². The molecule has 2 atom stereocenters. The van der Waals surface area contributed by atoms with Gasteiger partial charge < -0.3 is 19.8 Å². The largest absolute Gasteiger partial charge is 0.477 e. The van der Waals surface area contributed by atoms with Gasteiger partial charge in [0, 0.05) is 17.0 Å². The van der Waals surface area contributed by atoms with Crippen LogP contribution in [0.3, 0.4) is 0 Å². The van der Waals surface area contributed by atoms with Crippen LogP contribution in [0.25, 0.3) is 0 Å². The summed E-state index contributed by atoms with van der Waals surface area (Å²) in [6.45, 7) is 2.90. The molecule has 0 aliphatic carbocycles. The number of carboxylic acid groups (broad SMARTS) is 1. The molecule has 168 valence electrons. The summed E-state index contributed by atoms with van der Waals surface area (Å²) in [6, 6.07) is 10.9. The number of benzene rings is 1. The van der Waals surface area contributed by atoms with Crippen LogP contribution in [0.1, 0.15) is 78.1 Å². The van der Waals surface area contributed by atoms with Crippen molar-refractivity contribution in [2.75, 3.05) is 11.5 Å². The molecule has 0 radical (unpaired) electrons. The molecule has 1 aromatic carbocycles. The molecule has 3 rings (SSSR count). The Morgan fingerprint density at radius 1 is 1.19 bits per heavy atom. The van der Waals surface area contributed by atoms with Crippen molar-refractivity contribution < 1.29 is 24.5 Å². The number of carbonyl (C=O) groups is 2. The lowest BCUT2D eigenvalue weighted by Crippen LogP contribution is -2.36. The summed E-state index contributed by atoms with van der Waals surface area (Å²) in [6.07, 6.45) is 6.02. The Bertz CT molecular complexity index is 863. The second-order valence-corrected chi connectivity index (χ2v) is 9.17. The number of aliphatic hydroxyl groups excluding tert-OH is 1. The van der Waals surface area contributed by atoms with E-state index in [4.69, 9.17) is 9.84 Å².